The van der Waals surface area contributed by atoms with Gasteiger partial charge in [-0.2, -0.15) is 13.2 Å². The molecule has 1 saturated carbocycles. The van der Waals surface area contributed by atoms with Crippen LogP contribution in [-0.4, -0.2) is 20.2 Å². The van der Waals surface area contributed by atoms with Gasteiger partial charge in [-0.1, -0.05) is 61.5 Å². The molecule has 0 spiro atoms. The molecule has 1 N–H and O–H groups in total. The minimum atomic E-state index is -4.51. The Bertz CT molecular complexity index is 1750. The summed E-state index contributed by atoms with van der Waals surface area (Å²) in [6, 6.07) is 13.5. The van der Waals surface area contributed by atoms with Crippen LogP contribution < -0.4 is 11.2 Å². The summed E-state index contributed by atoms with van der Waals surface area (Å²) >= 11 is 0. The highest BCUT2D eigenvalue weighted by atomic mass is 19.4. The number of halogens is 3. The summed E-state index contributed by atoms with van der Waals surface area (Å²) in [6.07, 6.45) is -1.26. The van der Waals surface area contributed by atoms with Crippen LogP contribution in [0.2, 0.25) is 0 Å². The number of alkyl halides is 3. The third-order valence-electron chi connectivity index (χ3n) is 8.07. The molecule has 6 nitrogen and oxygen atoms in total. The summed E-state index contributed by atoms with van der Waals surface area (Å²) in [5.41, 5.74) is -0.494. The molecule has 3 atom stereocenters. The summed E-state index contributed by atoms with van der Waals surface area (Å²) in [6.45, 7) is 6.09. The van der Waals surface area contributed by atoms with Gasteiger partial charge in [-0.25, -0.2) is 14.2 Å². The zero-order valence-corrected chi connectivity index (χ0v) is 22.7. The van der Waals surface area contributed by atoms with Crippen molar-refractivity contribution in [2.75, 3.05) is 0 Å². The van der Waals surface area contributed by atoms with Crippen molar-refractivity contribution >= 4 is 27.6 Å². The Morgan fingerprint density at radius 1 is 1.02 bits per heavy atom. The topological polar surface area (TPSA) is 81.3 Å². The van der Waals surface area contributed by atoms with Crippen molar-refractivity contribution in [3.05, 3.63) is 105 Å². The van der Waals surface area contributed by atoms with Crippen molar-refractivity contribution in [3.63, 3.8) is 0 Å². The summed E-state index contributed by atoms with van der Waals surface area (Å²) < 4.78 is 41.6. The fraction of sp³-hybridized carbons (Fsp3) is 0.344. The molecule has 0 amide bonds. The van der Waals surface area contributed by atoms with Crippen molar-refractivity contribution in [2.45, 2.75) is 57.8 Å². The monoisotopic (exact) mass is 564 g/mol. The van der Waals surface area contributed by atoms with E-state index in [9.17, 15) is 32.7 Å². The lowest BCUT2D eigenvalue weighted by molar-refractivity contribution is -0.141. The molecule has 2 unspecified atom stereocenters. The van der Waals surface area contributed by atoms with Gasteiger partial charge in [-0.05, 0) is 73.1 Å². The number of nitrogens with zero attached hydrogens (tertiary/aromatic N) is 2. The molecule has 3 aromatic carbocycles. The highest BCUT2D eigenvalue weighted by molar-refractivity contribution is 6.05. The van der Waals surface area contributed by atoms with Gasteiger partial charge < -0.3 is 5.11 Å². The molecule has 1 aliphatic carbocycles. The number of carboxylic acids is 1. The molecule has 1 heterocycles. The van der Waals surface area contributed by atoms with Crippen molar-refractivity contribution in [1.29, 1.82) is 0 Å². The number of hydrogen-bond donors (Lipinski definition) is 1. The van der Waals surface area contributed by atoms with Crippen LogP contribution in [0.15, 0.2) is 82.4 Å². The van der Waals surface area contributed by atoms with Crippen LogP contribution >= 0.6 is 0 Å². The van der Waals surface area contributed by atoms with Gasteiger partial charge in [-0.3, -0.25) is 9.36 Å². The molecule has 214 valence electrons. The number of rotatable bonds is 7. The summed E-state index contributed by atoms with van der Waals surface area (Å²) in [5.74, 6) is -0.641. The molecule has 1 aromatic heterocycles. The van der Waals surface area contributed by atoms with Crippen LogP contribution in [0.4, 0.5) is 13.2 Å². The number of aliphatic carboxylic acids is 1. The molecule has 4 aromatic rings. The molecule has 1 fully saturated rings. The molecule has 9 heteroatoms. The van der Waals surface area contributed by atoms with E-state index >= 15 is 0 Å². The van der Waals surface area contributed by atoms with E-state index in [4.69, 9.17) is 0 Å². The smallest absolute Gasteiger partial charge is 0.416 e. The Hall–Kier alpha value is -4.14. The molecule has 0 bridgehead atoms. The molecule has 41 heavy (non-hydrogen) atoms. The van der Waals surface area contributed by atoms with Crippen LogP contribution in [0.25, 0.3) is 21.7 Å². The summed E-state index contributed by atoms with van der Waals surface area (Å²) in [4.78, 5) is 40.4. The number of carbonyl (C=O) groups is 1. The lowest BCUT2D eigenvalue weighted by Gasteiger charge is -2.29. The van der Waals surface area contributed by atoms with Crippen LogP contribution in [0.1, 0.15) is 56.2 Å². The first kappa shape index (κ1) is 28.4. The first-order chi connectivity index (χ1) is 19.4. The fourth-order valence-corrected chi connectivity index (χ4v) is 6.26. The zero-order valence-electron chi connectivity index (χ0n) is 22.7. The Kier molecular flexibility index (Phi) is 7.64. The maximum Gasteiger partial charge on any atom is 0.416 e. The lowest BCUT2D eigenvalue weighted by Crippen LogP contribution is -2.45. The van der Waals surface area contributed by atoms with Crippen LogP contribution in [0, 0.1) is 11.8 Å². The van der Waals surface area contributed by atoms with Crippen LogP contribution in [0.5, 0.6) is 0 Å². The van der Waals surface area contributed by atoms with Gasteiger partial charge in [0.2, 0.25) is 0 Å². The normalized spacial score (nSPS) is 18.6. The van der Waals surface area contributed by atoms with E-state index in [-0.39, 0.29) is 24.3 Å². The Morgan fingerprint density at radius 3 is 2.39 bits per heavy atom. The van der Waals surface area contributed by atoms with Gasteiger partial charge in [-0.15, -0.1) is 0 Å². The number of aromatic nitrogens is 2. The maximum absolute atomic E-state index is 14.0. The first-order valence-electron chi connectivity index (χ1n) is 13.7. The van der Waals surface area contributed by atoms with Gasteiger partial charge in [0.1, 0.15) is 6.04 Å². The van der Waals surface area contributed by atoms with E-state index < -0.39 is 35.0 Å². The third kappa shape index (κ3) is 5.71. The maximum atomic E-state index is 14.0. The number of allylic oxidation sites excluding steroid dienone is 1. The predicted octanol–water partition coefficient (Wildman–Crippen LogP) is 6.78. The van der Waals surface area contributed by atoms with E-state index in [1.807, 2.05) is 12.1 Å². The zero-order chi connectivity index (χ0) is 29.5. The second-order valence-electron chi connectivity index (χ2n) is 11.2. The van der Waals surface area contributed by atoms with Gasteiger partial charge >= 0.3 is 17.8 Å². The number of hydrogen-bond acceptors (Lipinski definition) is 3. The summed E-state index contributed by atoms with van der Waals surface area (Å²) in [5, 5.41) is 11.8. The molecule has 0 aliphatic heterocycles. The van der Waals surface area contributed by atoms with E-state index in [0.29, 0.717) is 28.8 Å². The van der Waals surface area contributed by atoms with Gasteiger partial charge in [0.05, 0.1) is 23.0 Å². The second-order valence-corrected chi connectivity index (χ2v) is 11.2. The van der Waals surface area contributed by atoms with E-state index in [0.717, 1.165) is 46.9 Å². The molecular formula is C32H31F3N2O4. The highest BCUT2D eigenvalue weighted by Crippen LogP contribution is 2.35. The van der Waals surface area contributed by atoms with Crippen molar-refractivity contribution in [3.8, 4) is 0 Å². The molecule has 0 saturated heterocycles. The van der Waals surface area contributed by atoms with Crippen molar-refractivity contribution in [2.24, 2.45) is 11.8 Å². The SMILES string of the molecule is C=C1CC(C)CC(CC[C@@H](C(=O)O)n2c(=O)c3ccc4ccccc4c3n(Cc3ccc(C(F)(F)F)cc3)c2=O)C1. The standard InChI is InChI=1S/C32H31F3N2O4/c1-19-15-20(2)17-22(16-19)9-14-27(30(39)40)37-29(38)26-13-10-23-5-3-4-6-25(23)28(26)36(31(37)41)18-21-7-11-24(12-8-21)32(33,34)35/h3-8,10-13,20,22,27H,1,9,14-18H2,2H3,(H,39,40)/t20?,22?,27-/m0/s1. The molecule has 5 rings (SSSR count). The number of benzene rings is 3. The van der Waals surface area contributed by atoms with Crippen LogP contribution in [0.3, 0.4) is 0 Å². The quantitative estimate of drug-likeness (QED) is 0.198. The Balaban J connectivity index is 1.65. The fourth-order valence-electron chi connectivity index (χ4n) is 6.26. The molecular weight excluding hydrogens is 533 g/mol. The molecule has 0 radical (unpaired) electrons. The minimum absolute atomic E-state index is 0.0918. The van der Waals surface area contributed by atoms with Gasteiger partial charge in [0.25, 0.3) is 5.56 Å². The third-order valence-corrected chi connectivity index (χ3v) is 8.07. The van der Waals surface area contributed by atoms with Crippen molar-refractivity contribution in [1.82, 2.24) is 9.13 Å². The number of carboxylic acid groups (broad SMARTS) is 1. The highest BCUT2D eigenvalue weighted by Gasteiger charge is 2.31. The lowest BCUT2D eigenvalue weighted by atomic mass is 9.77. The first-order valence-corrected chi connectivity index (χ1v) is 13.7. The largest absolute Gasteiger partial charge is 0.480 e. The Labute approximate surface area is 234 Å². The van der Waals surface area contributed by atoms with Gasteiger partial charge in [0, 0.05) is 5.39 Å². The Morgan fingerprint density at radius 2 is 1.73 bits per heavy atom. The van der Waals surface area contributed by atoms with Gasteiger partial charge in [0.15, 0.2) is 0 Å². The number of fused-ring (bicyclic) bond motifs is 3. The second kappa shape index (κ2) is 11.0. The van der Waals surface area contributed by atoms with Crippen molar-refractivity contribution < 1.29 is 23.1 Å². The van der Waals surface area contributed by atoms with E-state index in [1.54, 1.807) is 24.3 Å². The average Bonchev–Trinajstić information content (AvgIpc) is 2.91. The van der Waals surface area contributed by atoms with Crippen LogP contribution in [-0.2, 0) is 17.5 Å². The average molecular weight is 565 g/mol. The predicted molar refractivity (Wildman–Crippen MR) is 152 cm³/mol. The summed E-state index contributed by atoms with van der Waals surface area (Å²) in [7, 11) is 0. The van der Waals surface area contributed by atoms with E-state index in [1.165, 1.54) is 16.7 Å². The molecule has 1 aliphatic rings. The minimum Gasteiger partial charge on any atom is -0.480 e. The van der Waals surface area contributed by atoms with E-state index in [2.05, 4.69) is 13.5 Å².